The first-order valence-corrected chi connectivity index (χ1v) is 8.85. The number of benzene rings is 2. The number of anilines is 1. The number of ether oxygens (including phenoxy) is 1. The molecular weight excluding hydrogens is 328 g/mol. The molecule has 128 valence electrons. The first kappa shape index (κ1) is 18.0. The van der Waals surface area contributed by atoms with Crippen LogP contribution in [0.3, 0.4) is 0 Å². The van der Waals surface area contributed by atoms with Crippen LogP contribution in [0.25, 0.3) is 0 Å². The average molecular weight is 348 g/mol. The van der Waals surface area contributed by atoms with E-state index in [1.807, 2.05) is 6.92 Å². The van der Waals surface area contributed by atoms with E-state index in [0.29, 0.717) is 23.6 Å². The zero-order chi connectivity index (χ0) is 17.7. The van der Waals surface area contributed by atoms with E-state index in [2.05, 4.69) is 5.32 Å². The van der Waals surface area contributed by atoms with Gasteiger partial charge in [0.05, 0.1) is 11.5 Å². The molecule has 0 radical (unpaired) electrons. The van der Waals surface area contributed by atoms with Crippen molar-refractivity contribution in [2.45, 2.75) is 11.8 Å². The minimum Gasteiger partial charge on any atom is -0.494 e. The van der Waals surface area contributed by atoms with Gasteiger partial charge in [-0.15, -0.1) is 0 Å². The highest BCUT2D eigenvalue weighted by Gasteiger charge is 2.17. The number of sulfonamides is 1. The van der Waals surface area contributed by atoms with Crippen LogP contribution in [0.15, 0.2) is 53.4 Å². The Morgan fingerprint density at radius 1 is 1.12 bits per heavy atom. The Kier molecular flexibility index (Phi) is 5.58. The quantitative estimate of drug-likeness (QED) is 0.870. The van der Waals surface area contributed by atoms with Crippen LogP contribution in [-0.2, 0) is 10.0 Å². The second-order valence-electron chi connectivity index (χ2n) is 5.23. The van der Waals surface area contributed by atoms with Gasteiger partial charge in [0, 0.05) is 25.3 Å². The molecule has 0 aliphatic carbocycles. The van der Waals surface area contributed by atoms with Crippen molar-refractivity contribution in [1.82, 2.24) is 4.31 Å². The van der Waals surface area contributed by atoms with Crippen molar-refractivity contribution in [2.75, 3.05) is 26.0 Å². The summed E-state index contributed by atoms with van der Waals surface area (Å²) in [4.78, 5) is 12.4. The lowest BCUT2D eigenvalue weighted by atomic mass is 10.2. The van der Waals surface area contributed by atoms with Gasteiger partial charge >= 0.3 is 0 Å². The van der Waals surface area contributed by atoms with E-state index in [1.165, 1.54) is 26.2 Å². The van der Waals surface area contributed by atoms with E-state index in [9.17, 15) is 13.2 Å². The van der Waals surface area contributed by atoms with Gasteiger partial charge in [0.25, 0.3) is 5.91 Å². The van der Waals surface area contributed by atoms with Gasteiger partial charge in [-0.25, -0.2) is 12.7 Å². The number of nitrogens with one attached hydrogen (secondary N) is 1. The Morgan fingerprint density at radius 3 is 2.38 bits per heavy atom. The van der Waals surface area contributed by atoms with Gasteiger partial charge in [-0.2, -0.15) is 0 Å². The van der Waals surface area contributed by atoms with Crippen LogP contribution in [0.1, 0.15) is 17.3 Å². The molecule has 0 spiro atoms. The van der Waals surface area contributed by atoms with E-state index >= 15 is 0 Å². The summed E-state index contributed by atoms with van der Waals surface area (Å²) < 4.78 is 30.7. The summed E-state index contributed by atoms with van der Waals surface area (Å²) >= 11 is 0. The van der Waals surface area contributed by atoms with E-state index in [0.717, 1.165) is 4.31 Å². The second kappa shape index (κ2) is 7.46. The highest BCUT2D eigenvalue weighted by Crippen LogP contribution is 2.19. The molecule has 0 atom stereocenters. The zero-order valence-corrected chi connectivity index (χ0v) is 14.6. The monoisotopic (exact) mass is 348 g/mol. The van der Waals surface area contributed by atoms with Crippen molar-refractivity contribution in [3.05, 3.63) is 54.1 Å². The summed E-state index contributed by atoms with van der Waals surface area (Å²) in [5.74, 6) is 0.366. The maximum atomic E-state index is 12.3. The van der Waals surface area contributed by atoms with Crippen molar-refractivity contribution in [3.63, 3.8) is 0 Å². The fourth-order valence-corrected chi connectivity index (χ4v) is 2.97. The third-order valence-electron chi connectivity index (χ3n) is 3.30. The molecule has 7 heteroatoms. The predicted octanol–water partition coefficient (Wildman–Crippen LogP) is 2.59. The number of amides is 1. The predicted molar refractivity (Wildman–Crippen MR) is 92.9 cm³/mol. The van der Waals surface area contributed by atoms with E-state index < -0.39 is 10.0 Å². The molecular formula is C17H20N2O4S. The Balaban J connectivity index is 2.17. The summed E-state index contributed by atoms with van der Waals surface area (Å²) in [5.41, 5.74) is 0.871. The Bertz CT molecular complexity index is 815. The summed E-state index contributed by atoms with van der Waals surface area (Å²) in [6.07, 6.45) is 0. The van der Waals surface area contributed by atoms with E-state index in [-0.39, 0.29) is 10.8 Å². The number of carbonyl (C=O) groups excluding carboxylic acids is 1. The molecule has 2 rings (SSSR count). The molecule has 24 heavy (non-hydrogen) atoms. The van der Waals surface area contributed by atoms with Crippen molar-refractivity contribution in [2.24, 2.45) is 0 Å². The van der Waals surface area contributed by atoms with Crippen LogP contribution in [0.2, 0.25) is 0 Å². The highest BCUT2D eigenvalue weighted by molar-refractivity contribution is 7.89. The molecule has 0 aliphatic heterocycles. The molecule has 0 bridgehead atoms. The summed E-state index contributed by atoms with van der Waals surface area (Å²) in [6, 6.07) is 12.9. The minimum atomic E-state index is -3.55. The normalized spacial score (nSPS) is 11.3. The van der Waals surface area contributed by atoms with Gasteiger partial charge in [-0.05, 0) is 49.4 Å². The van der Waals surface area contributed by atoms with Crippen LogP contribution >= 0.6 is 0 Å². The SMILES string of the molecule is CCOc1ccc(C(=O)Nc2cccc(S(=O)(=O)N(C)C)c2)cc1. The fraction of sp³-hybridized carbons (Fsp3) is 0.235. The van der Waals surface area contributed by atoms with Crippen molar-refractivity contribution < 1.29 is 17.9 Å². The van der Waals surface area contributed by atoms with Gasteiger partial charge in [-0.3, -0.25) is 4.79 Å². The minimum absolute atomic E-state index is 0.122. The third-order valence-corrected chi connectivity index (χ3v) is 5.11. The zero-order valence-electron chi connectivity index (χ0n) is 13.8. The summed E-state index contributed by atoms with van der Waals surface area (Å²) in [6.45, 7) is 2.44. The number of carbonyl (C=O) groups is 1. The number of hydrogen-bond acceptors (Lipinski definition) is 4. The van der Waals surface area contributed by atoms with Gasteiger partial charge in [0.2, 0.25) is 10.0 Å². The lowest BCUT2D eigenvalue weighted by Gasteiger charge is -2.13. The molecule has 0 aliphatic rings. The second-order valence-corrected chi connectivity index (χ2v) is 7.38. The van der Waals surface area contributed by atoms with E-state index in [4.69, 9.17) is 4.74 Å². The lowest BCUT2D eigenvalue weighted by molar-refractivity contribution is 0.102. The molecule has 0 heterocycles. The average Bonchev–Trinajstić information content (AvgIpc) is 2.56. The molecule has 1 amide bonds. The van der Waals surface area contributed by atoms with Gasteiger partial charge in [-0.1, -0.05) is 6.07 Å². The first-order valence-electron chi connectivity index (χ1n) is 7.41. The van der Waals surface area contributed by atoms with Crippen LogP contribution in [0, 0.1) is 0 Å². The number of nitrogens with zero attached hydrogens (tertiary/aromatic N) is 1. The first-order chi connectivity index (χ1) is 11.3. The molecule has 2 aromatic rings. The van der Waals surface area contributed by atoms with Crippen molar-refractivity contribution >= 4 is 21.6 Å². The topological polar surface area (TPSA) is 75.7 Å². The molecule has 0 saturated heterocycles. The fourth-order valence-electron chi connectivity index (χ4n) is 2.02. The van der Waals surface area contributed by atoms with E-state index in [1.54, 1.807) is 36.4 Å². The molecule has 0 saturated carbocycles. The van der Waals surface area contributed by atoms with Gasteiger partial charge in [0.15, 0.2) is 0 Å². The standard InChI is InChI=1S/C17H20N2O4S/c1-4-23-15-10-8-13(9-11-15)17(20)18-14-6-5-7-16(12-14)24(21,22)19(2)3/h5-12H,4H2,1-3H3,(H,18,20). The summed E-state index contributed by atoms with van der Waals surface area (Å²) in [5, 5.41) is 2.70. The van der Waals surface area contributed by atoms with Crippen molar-refractivity contribution in [3.8, 4) is 5.75 Å². The maximum absolute atomic E-state index is 12.3. The molecule has 6 nitrogen and oxygen atoms in total. The Labute approximate surface area is 142 Å². The maximum Gasteiger partial charge on any atom is 0.255 e. The van der Waals surface area contributed by atoms with Crippen LogP contribution in [0.4, 0.5) is 5.69 Å². The molecule has 0 fully saturated rings. The largest absolute Gasteiger partial charge is 0.494 e. The summed E-state index contributed by atoms with van der Waals surface area (Å²) in [7, 11) is -0.629. The lowest BCUT2D eigenvalue weighted by Crippen LogP contribution is -2.22. The Morgan fingerprint density at radius 2 is 1.79 bits per heavy atom. The molecule has 0 unspecified atom stereocenters. The van der Waals surface area contributed by atoms with Gasteiger partial charge in [0.1, 0.15) is 5.75 Å². The van der Waals surface area contributed by atoms with Crippen LogP contribution in [-0.4, -0.2) is 39.3 Å². The molecule has 0 aromatic heterocycles. The number of rotatable bonds is 6. The van der Waals surface area contributed by atoms with Gasteiger partial charge < -0.3 is 10.1 Å². The highest BCUT2D eigenvalue weighted by atomic mass is 32.2. The third kappa shape index (κ3) is 4.12. The molecule has 1 N–H and O–H groups in total. The number of hydrogen-bond donors (Lipinski definition) is 1. The van der Waals surface area contributed by atoms with Crippen LogP contribution in [0.5, 0.6) is 5.75 Å². The van der Waals surface area contributed by atoms with Crippen molar-refractivity contribution in [1.29, 1.82) is 0 Å². The molecule has 2 aromatic carbocycles. The van der Waals surface area contributed by atoms with Crippen LogP contribution < -0.4 is 10.1 Å². The Hall–Kier alpha value is -2.38. The smallest absolute Gasteiger partial charge is 0.255 e.